The van der Waals surface area contributed by atoms with Crippen LogP contribution in [0.1, 0.15) is 21.5 Å². The number of hydrogen-bond donors (Lipinski definition) is 1. The quantitative estimate of drug-likeness (QED) is 0.827. The Balaban J connectivity index is 2.00. The number of carbonyl (C=O) groups is 2. The number of benzene rings is 2. The van der Waals surface area contributed by atoms with Gasteiger partial charge in [-0.3, -0.25) is 9.59 Å². The van der Waals surface area contributed by atoms with Gasteiger partial charge in [-0.15, -0.1) is 0 Å². The highest BCUT2D eigenvalue weighted by atomic mass is 16.5. The highest BCUT2D eigenvalue weighted by molar-refractivity contribution is 5.97. The zero-order chi connectivity index (χ0) is 15.2. The smallest absolute Gasteiger partial charge is 0.221 e. The largest absolute Gasteiger partial charge is 0.485 e. The number of primary amides is 1. The summed E-state index contributed by atoms with van der Waals surface area (Å²) in [7, 11) is 0. The molecule has 108 valence electrons. The lowest BCUT2D eigenvalue weighted by molar-refractivity contribution is -0.117. The molecule has 21 heavy (non-hydrogen) atoms. The third-order valence-corrected chi connectivity index (χ3v) is 3.07. The van der Waals surface area contributed by atoms with Gasteiger partial charge in [0.15, 0.2) is 12.4 Å². The molecule has 0 fully saturated rings. The molecule has 0 saturated carbocycles. The highest BCUT2D eigenvalue weighted by Gasteiger charge is 2.08. The molecule has 2 rings (SSSR count). The fourth-order valence-electron chi connectivity index (χ4n) is 2.04. The Morgan fingerprint density at radius 2 is 1.81 bits per heavy atom. The van der Waals surface area contributed by atoms with Crippen molar-refractivity contribution in [3.8, 4) is 5.75 Å². The van der Waals surface area contributed by atoms with E-state index in [0.717, 1.165) is 11.1 Å². The molecule has 0 aromatic heterocycles. The van der Waals surface area contributed by atoms with Gasteiger partial charge in [0, 0.05) is 5.56 Å². The second-order valence-corrected chi connectivity index (χ2v) is 4.82. The van der Waals surface area contributed by atoms with Crippen molar-refractivity contribution in [3.63, 3.8) is 0 Å². The second-order valence-electron chi connectivity index (χ2n) is 4.82. The zero-order valence-electron chi connectivity index (χ0n) is 11.8. The molecule has 2 aromatic rings. The van der Waals surface area contributed by atoms with Gasteiger partial charge in [-0.1, -0.05) is 42.5 Å². The minimum absolute atomic E-state index is 0.0139. The summed E-state index contributed by atoms with van der Waals surface area (Å²) in [5, 5.41) is 0. The molecule has 0 aliphatic rings. The maximum absolute atomic E-state index is 12.0. The second kappa shape index (κ2) is 6.70. The number of Topliss-reactive ketones (excluding diaryl/α,β-unsaturated/α-hetero) is 1. The van der Waals surface area contributed by atoms with E-state index in [9.17, 15) is 9.59 Å². The molecule has 0 aliphatic carbocycles. The first-order chi connectivity index (χ1) is 10.1. The van der Waals surface area contributed by atoms with Crippen LogP contribution in [0.3, 0.4) is 0 Å². The third kappa shape index (κ3) is 4.18. The van der Waals surface area contributed by atoms with Crippen molar-refractivity contribution in [2.24, 2.45) is 5.73 Å². The molecule has 0 spiro atoms. The first-order valence-electron chi connectivity index (χ1n) is 6.65. The monoisotopic (exact) mass is 283 g/mol. The van der Waals surface area contributed by atoms with Crippen LogP contribution in [-0.4, -0.2) is 18.3 Å². The van der Waals surface area contributed by atoms with Crippen LogP contribution in [0.2, 0.25) is 0 Å². The molecule has 0 unspecified atom stereocenters. The number of nitrogens with two attached hydrogens (primary N) is 1. The van der Waals surface area contributed by atoms with Crippen LogP contribution in [0.5, 0.6) is 5.75 Å². The zero-order valence-corrected chi connectivity index (χ0v) is 11.8. The Hall–Kier alpha value is -2.62. The van der Waals surface area contributed by atoms with Gasteiger partial charge in [0.05, 0.1) is 6.42 Å². The molecule has 0 aliphatic heterocycles. The van der Waals surface area contributed by atoms with Gasteiger partial charge >= 0.3 is 0 Å². The number of carbonyl (C=O) groups excluding carboxylic acids is 2. The van der Waals surface area contributed by atoms with Crippen LogP contribution >= 0.6 is 0 Å². The highest BCUT2D eigenvalue weighted by Crippen LogP contribution is 2.19. The minimum atomic E-state index is -0.373. The maximum atomic E-state index is 12.0. The number of ether oxygens (including phenoxy) is 1. The van der Waals surface area contributed by atoms with Crippen molar-refractivity contribution >= 4 is 11.7 Å². The molecule has 1 amide bonds. The SMILES string of the molecule is Cc1cc(CC(N)=O)ccc1OCC(=O)c1ccccc1. The third-order valence-electron chi connectivity index (χ3n) is 3.07. The van der Waals surface area contributed by atoms with E-state index >= 15 is 0 Å². The lowest BCUT2D eigenvalue weighted by Crippen LogP contribution is -2.14. The van der Waals surface area contributed by atoms with Gasteiger partial charge in [-0.2, -0.15) is 0 Å². The first-order valence-corrected chi connectivity index (χ1v) is 6.65. The normalized spacial score (nSPS) is 10.1. The van der Waals surface area contributed by atoms with Crippen LogP contribution in [0, 0.1) is 6.92 Å². The predicted octanol–water partition coefficient (Wildman–Crippen LogP) is 2.28. The molecule has 4 nitrogen and oxygen atoms in total. The fourth-order valence-corrected chi connectivity index (χ4v) is 2.04. The van der Waals surface area contributed by atoms with E-state index in [0.29, 0.717) is 11.3 Å². The van der Waals surface area contributed by atoms with Crippen molar-refractivity contribution in [1.29, 1.82) is 0 Å². The average molecular weight is 283 g/mol. The van der Waals surface area contributed by atoms with Gasteiger partial charge in [-0.25, -0.2) is 0 Å². The van der Waals surface area contributed by atoms with Gasteiger partial charge in [0.2, 0.25) is 5.91 Å². The van der Waals surface area contributed by atoms with E-state index in [1.54, 1.807) is 24.3 Å². The lowest BCUT2D eigenvalue weighted by Gasteiger charge is -2.10. The Morgan fingerprint density at radius 1 is 1.10 bits per heavy atom. The average Bonchev–Trinajstić information content (AvgIpc) is 2.46. The van der Waals surface area contributed by atoms with E-state index in [-0.39, 0.29) is 24.7 Å². The fraction of sp³-hybridized carbons (Fsp3) is 0.176. The van der Waals surface area contributed by atoms with E-state index in [4.69, 9.17) is 10.5 Å². The summed E-state index contributed by atoms with van der Waals surface area (Å²) in [5.74, 6) is 0.186. The van der Waals surface area contributed by atoms with E-state index in [2.05, 4.69) is 0 Å². The van der Waals surface area contributed by atoms with Crippen molar-refractivity contribution in [3.05, 3.63) is 65.2 Å². The standard InChI is InChI=1S/C17H17NO3/c1-12-9-13(10-17(18)20)7-8-16(12)21-11-15(19)14-5-3-2-4-6-14/h2-9H,10-11H2,1H3,(H2,18,20). The summed E-state index contributed by atoms with van der Waals surface area (Å²) < 4.78 is 5.55. The topological polar surface area (TPSA) is 69.4 Å². The molecular weight excluding hydrogens is 266 g/mol. The number of ketones is 1. The lowest BCUT2D eigenvalue weighted by atomic mass is 10.1. The first kappa shape index (κ1) is 14.8. The van der Waals surface area contributed by atoms with E-state index in [1.807, 2.05) is 31.2 Å². The van der Waals surface area contributed by atoms with Gasteiger partial charge in [0.25, 0.3) is 0 Å². The summed E-state index contributed by atoms with van der Waals surface area (Å²) in [5.41, 5.74) is 7.49. The summed E-state index contributed by atoms with van der Waals surface area (Å²) in [6, 6.07) is 14.4. The summed E-state index contributed by atoms with van der Waals surface area (Å²) in [4.78, 5) is 22.8. The van der Waals surface area contributed by atoms with Gasteiger partial charge in [0.1, 0.15) is 5.75 Å². The van der Waals surface area contributed by atoms with Crippen LogP contribution in [0.25, 0.3) is 0 Å². The molecule has 0 atom stereocenters. The minimum Gasteiger partial charge on any atom is -0.485 e. The van der Waals surface area contributed by atoms with Crippen LogP contribution < -0.4 is 10.5 Å². The molecular formula is C17H17NO3. The van der Waals surface area contributed by atoms with Crippen molar-refractivity contribution < 1.29 is 14.3 Å². The van der Waals surface area contributed by atoms with E-state index < -0.39 is 0 Å². The summed E-state index contributed by atoms with van der Waals surface area (Å²) in [6.45, 7) is 1.85. The Morgan fingerprint density at radius 3 is 2.43 bits per heavy atom. The van der Waals surface area contributed by atoms with Gasteiger partial charge < -0.3 is 10.5 Å². The van der Waals surface area contributed by atoms with Crippen molar-refractivity contribution in [2.45, 2.75) is 13.3 Å². The molecule has 2 aromatic carbocycles. The molecule has 0 radical (unpaired) electrons. The molecule has 0 heterocycles. The number of rotatable bonds is 6. The Labute approximate surface area is 123 Å². The number of aryl methyl sites for hydroxylation is 1. The van der Waals surface area contributed by atoms with Crippen LogP contribution in [0.4, 0.5) is 0 Å². The summed E-state index contributed by atoms with van der Waals surface area (Å²) in [6.07, 6.45) is 0.198. The molecule has 0 saturated heterocycles. The maximum Gasteiger partial charge on any atom is 0.221 e. The predicted molar refractivity (Wildman–Crippen MR) is 80.3 cm³/mol. The Bertz CT molecular complexity index is 650. The van der Waals surface area contributed by atoms with Crippen molar-refractivity contribution in [2.75, 3.05) is 6.61 Å². The van der Waals surface area contributed by atoms with Crippen molar-refractivity contribution in [1.82, 2.24) is 0 Å². The van der Waals surface area contributed by atoms with Gasteiger partial charge in [-0.05, 0) is 24.1 Å². The van der Waals surface area contributed by atoms with Crippen LogP contribution in [0.15, 0.2) is 48.5 Å². The number of hydrogen-bond acceptors (Lipinski definition) is 3. The van der Waals surface area contributed by atoms with E-state index in [1.165, 1.54) is 0 Å². The Kier molecular flexibility index (Phi) is 4.72. The molecule has 2 N–H and O–H groups in total. The van der Waals surface area contributed by atoms with Crippen LogP contribution in [-0.2, 0) is 11.2 Å². The summed E-state index contributed by atoms with van der Waals surface area (Å²) >= 11 is 0. The molecule has 4 heteroatoms. The molecule has 0 bridgehead atoms. The number of amides is 1.